The van der Waals surface area contributed by atoms with E-state index in [9.17, 15) is 4.79 Å². The molecule has 0 unspecified atom stereocenters. The van der Waals surface area contributed by atoms with Crippen LogP contribution in [-0.2, 0) is 12.1 Å². The van der Waals surface area contributed by atoms with E-state index in [0.717, 1.165) is 47.0 Å². The Bertz CT molecular complexity index is 828. The number of amides is 1. The number of fused-ring (bicyclic) bond motifs is 2. The molecule has 3 nitrogen and oxygen atoms in total. The Morgan fingerprint density at radius 2 is 1.88 bits per heavy atom. The lowest BCUT2D eigenvalue weighted by molar-refractivity contribution is 0.0529. The number of methoxy groups -OCH3 is 1. The topological polar surface area (TPSA) is 29.5 Å². The van der Waals surface area contributed by atoms with Crippen LogP contribution in [0, 0.1) is 0 Å². The predicted molar refractivity (Wildman–Crippen MR) is 102 cm³/mol. The molecule has 2 aromatic carbocycles. The number of halogens is 2. The lowest BCUT2D eigenvalue weighted by atomic mass is 9.87. The molecule has 0 radical (unpaired) electrons. The third-order valence-corrected chi connectivity index (χ3v) is 6.22. The van der Waals surface area contributed by atoms with E-state index in [0.29, 0.717) is 17.1 Å². The maximum atomic E-state index is 13.2. The highest BCUT2D eigenvalue weighted by Gasteiger charge is 2.51. The van der Waals surface area contributed by atoms with E-state index in [2.05, 4.69) is 22.0 Å². The summed E-state index contributed by atoms with van der Waals surface area (Å²) in [6.45, 7) is 0.589. The lowest BCUT2D eigenvalue weighted by Crippen LogP contribution is -2.41. The van der Waals surface area contributed by atoms with Gasteiger partial charge in [-0.15, -0.1) is 0 Å². The molecule has 1 fully saturated rings. The maximum Gasteiger partial charge on any atom is 0.256 e. The molecule has 0 saturated heterocycles. The number of ether oxygens (including phenoxy) is 1. The van der Waals surface area contributed by atoms with E-state index < -0.39 is 0 Å². The van der Waals surface area contributed by atoms with E-state index in [1.165, 1.54) is 0 Å². The summed E-state index contributed by atoms with van der Waals surface area (Å²) < 4.78 is 6.16. The number of hydrogen-bond acceptors (Lipinski definition) is 2. The second kappa shape index (κ2) is 6.33. The van der Waals surface area contributed by atoms with Crippen LogP contribution in [0.3, 0.4) is 0 Å². The minimum absolute atomic E-state index is 0.0465. The van der Waals surface area contributed by atoms with Crippen molar-refractivity contribution < 1.29 is 9.53 Å². The molecule has 1 spiro atoms. The van der Waals surface area contributed by atoms with Crippen molar-refractivity contribution in [2.24, 2.45) is 0 Å². The number of rotatable bonds is 3. The van der Waals surface area contributed by atoms with Crippen LogP contribution in [0.25, 0.3) is 0 Å². The molecule has 1 aliphatic carbocycles. The molecule has 1 saturated carbocycles. The number of carbonyl (C=O) groups is 1. The largest absolute Gasteiger partial charge is 0.497 e. The molecule has 1 amide bonds. The van der Waals surface area contributed by atoms with Crippen molar-refractivity contribution >= 4 is 33.4 Å². The van der Waals surface area contributed by atoms with Gasteiger partial charge in [-0.05, 0) is 48.2 Å². The Morgan fingerprint density at radius 1 is 1.20 bits per heavy atom. The van der Waals surface area contributed by atoms with E-state index in [1.54, 1.807) is 7.11 Å². The van der Waals surface area contributed by atoms with Gasteiger partial charge < -0.3 is 9.64 Å². The molecule has 130 valence electrons. The average molecular weight is 421 g/mol. The van der Waals surface area contributed by atoms with Crippen LogP contribution < -0.4 is 4.74 Å². The molecule has 5 heteroatoms. The summed E-state index contributed by atoms with van der Waals surface area (Å²) >= 11 is 9.99. The minimum Gasteiger partial charge on any atom is -0.497 e. The third kappa shape index (κ3) is 2.67. The highest BCUT2D eigenvalue weighted by molar-refractivity contribution is 9.10. The fourth-order valence-electron chi connectivity index (χ4n) is 4.27. The van der Waals surface area contributed by atoms with Gasteiger partial charge in [0, 0.05) is 11.0 Å². The van der Waals surface area contributed by atoms with Crippen LogP contribution in [0.2, 0.25) is 5.02 Å². The summed E-state index contributed by atoms with van der Waals surface area (Å²) in [4.78, 5) is 15.3. The van der Waals surface area contributed by atoms with Crippen LogP contribution in [-0.4, -0.2) is 17.9 Å². The number of nitrogens with zero attached hydrogens (tertiary/aromatic N) is 1. The SMILES string of the molecule is COc1ccc(CN2C(=O)c3c(Cl)cc(Br)cc3C23CCCC3)cc1. The molecule has 0 bridgehead atoms. The van der Waals surface area contributed by atoms with Crippen molar-refractivity contribution in [2.75, 3.05) is 7.11 Å². The van der Waals surface area contributed by atoms with Crippen molar-refractivity contribution in [1.29, 1.82) is 0 Å². The minimum atomic E-state index is -0.222. The van der Waals surface area contributed by atoms with E-state index in [1.807, 2.05) is 35.2 Å². The Kier molecular flexibility index (Phi) is 4.28. The van der Waals surface area contributed by atoms with Gasteiger partial charge in [-0.1, -0.05) is 52.5 Å². The highest BCUT2D eigenvalue weighted by atomic mass is 79.9. The summed E-state index contributed by atoms with van der Waals surface area (Å²) in [7, 11) is 1.66. The molecule has 1 heterocycles. The molecule has 4 rings (SSSR count). The van der Waals surface area contributed by atoms with Crippen molar-refractivity contribution in [2.45, 2.75) is 37.8 Å². The van der Waals surface area contributed by atoms with Gasteiger partial charge in [0.1, 0.15) is 5.75 Å². The zero-order valence-corrected chi connectivity index (χ0v) is 16.4. The van der Waals surface area contributed by atoms with Crippen molar-refractivity contribution in [3.63, 3.8) is 0 Å². The standard InChI is InChI=1S/C20H19BrClNO2/c1-25-15-6-4-13(5-7-15)12-23-19(24)18-16(10-14(21)11-17(18)22)20(23)8-2-3-9-20/h4-7,10-11H,2-3,8-9,12H2,1H3. The number of hydrogen-bond donors (Lipinski definition) is 0. The smallest absolute Gasteiger partial charge is 0.256 e. The van der Waals surface area contributed by atoms with Gasteiger partial charge in [0.15, 0.2) is 0 Å². The first-order valence-corrected chi connectivity index (χ1v) is 9.67. The quantitative estimate of drug-likeness (QED) is 0.653. The fraction of sp³-hybridized carbons (Fsp3) is 0.350. The molecular weight excluding hydrogens is 402 g/mol. The van der Waals surface area contributed by atoms with Crippen molar-refractivity contribution in [3.8, 4) is 5.75 Å². The maximum absolute atomic E-state index is 13.2. The molecule has 1 aliphatic heterocycles. The molecule has 25 heavy (non-hydrogen) atoms. The van der Waals surface area contributed by atoms with Gasteiger partial charge in [0.05, 0.1) is 23.2 Å². The van der Waals surface area contributed by atoms with E-state index >= 15 is 0 Å². The molecular formula is C20H19BrClNO2. The molecule has 0 atom stereocenters. The van der Waals surface area contributed by atoms with Gasteiger partial charge in [0.25, 0.3) is 5.91 Å². The molecule has 2 aromatic rings. The Labute approximate surface area is 161 Å². The van der Waals surface area contributed by atoms with Crippen LogP contribution in [0.4, 0.5) is 0 Å². The third-order valence-electron chi connectivity index (χ3n) is 5.46. The first kappa shape index (κ1) is 16.9. The lowest BCUT2D eigenvalue weighted by Gasteiger charge is -2.36. The summed E-state index contributed by atoms with van der Waals surface area (Å²) in [6, 6.07) is 11.8. The average Bonchev–Trinajstić information content (AvgIpc) is 3.16. The highest BCUT2D eigenvalue weighted by Crippen LogP contribution is 2.52. The number of benzene rings is 2. The van der Waals surface area contributed by atoms with Gasteiger partial charge >= 0.3 is 0 Å². The van der Waals surface area contributed by atoms with Crippen LogP contribution >= 0.6 is 27.5 Å². The van der Waals surface area contributed by atoms with E-state index in [4.69, 9.17) is 16.3 Å². The molecule has 2 aliphatic rings. The van der Waals surface area contributed by atoms with Crippen molar-refractivity contribution in [1.82, 2.24) is 4.90 Å². The molecule has 0 N–H and O–H groups in total. The van der Waals surface area contributed by atoms with Crippen LogP contribution in [0.1, 0.15) is 47.2 Å². The Hall–Kier alpha value is -1.52. The fourth-order valence-corrected chi connectivity index (χ4v) is 5.16. The first-order valence-electron chi connectivity index (χ1n) is 8.49. The zero-order chi connectivity index (χ0) is 17.6. The van der Waals surface area contributed by atoms with Crippen LogP contribution in [0.15, 0.2) is 40.9 Å². The second-order valence-electron chi connectivity index (χ2n) is 6.79. The predicted octanol–water partition coefficient (Wildman–Crippen LogP) is 5.54. The monoisotopic (exact) mass is 419 g/mol. The van der Waals surface area contributed by atoms with Gasteiger partial charge in [0.2, 0.25) is 0 Å². The van der Waals surface area contributed by atoms with E-state index in [-0.39, 0.29) is 11.4 Å². The molecule has 0 aromatic heterocycles. The normalized spacial score (nSPS) is 18.0. The summed E-state index contributed by atoms with van der Waals surface area (Å²) in [5, 5.41) is 0.540. The summed E-state index contributed by atoms with van der Waals surface area (Å²) in [5.74, 6) is 0.868. The first-order chi connectivity index (χ1) is 12.0. The summed E-state index contributed by atoms with van der Waals surface area (Å²) in [6.07, 6.45) is 4.26. The Balaban J connectivity index is 1.76. The zero-order valence-electron chi connectivity index (χ0n) is 14.0. The second-order valence-corrected chi connectivity index (χ2v) is 8.11. The van der Waals surface area contributed by atoms with Crippen LogP contribution in [0.5, 0.6) is 5.75 Å². The van der Waals surface area contributed by atoms with Gasteiger partial charge in [-0.3, -0.25) is 4.79 Å². The van der Waals surface area contributed by atoms with Gasteiger partial charge in [-0.25, -0.2) is 0 Å². The Morgan fingerprint density at radius 3 is 2.52 bits per heavy atom. The summed E-state index contributed by atoms with van der Waals surface area (Å²) in [5.41, 5.74) is 2.64. The van der Waals surface area contributed by atoms with Crippen molar-refractivity contribution in [3.05, 3.63) is 62.6 Å². The number of carbonyl (C=O) groups excluding carboxylic acids is 1. The van der Waals surface area contributed by atoms with Gasteiger partial charge in [-0.2, -0.15) is 0 Å².